The van der Waals surface area contributed by atoms with Gasteiger partial charge in [-0.05, 0) is 19.1 Å². The van der Waals surface area contributed by atoms with Gasteiger partial charge < -0.3 is 25.0 Å². The van der Waals surface area contributed by atoms with Crippen LogP contribution in [0.3, 0.4) is 0 Å². The third-order valence-corrected chi connectivity index (χ3v) is 2.93. The van der Waals surface area contributed by atoms with E-state index in [-0.39, 0.29) is 0 Å². The molecule has 5 heteroatoms. The minimum absolute atomic E-state index is 0.422. The zero-order valence-electron chi connectivity index (χ0n) is 10.3. The molecule has 1 aromatic carbocycles. The Morgan fingerprint density at radius 3 is 2.61 bits per heavy atom. The number of anilines is 1. The van der Waals surface area contributed by atoms with Crippen LogP contribution in [-0.2, 0) is 9.47 Å². The van der Waals surface area contributed by atoms with Crippen LogP contribution in [-0.4, -0.2) is 48.0 Å². The summed E-state index contributed by atoms with van der Waals surface area (Å²) in [7, 11) is 0. The number of nitrogens with one attached hydrogen (secondary N) is 1. The van der Waals surface area contributed by atoms with Gasteiger partial charge in [0.05, 0.1) is 0 Å². The van der Waals surface area contributed by atoms with Crippen molar-refractivity contribution in [2.75, 3.05) is 18.5 Å². The van der Waals surface area contributed by atoms with Gasteiger partial charge in [-0.25, -0.2) is 0 Å². The van der Waals surface area contributed by atoms with Gasteiger partial charge in [0.15, 0.2) is 6.29 Å². The second-order valence-electron chi connectivity index (χ2n) is 4.23. The standard InChI is InChI=1S/C13H19NO4/c1-2-17-13-12(16)11(15)10(18-13)8-14-9-6-4-3-5-7-9/h3-7,10-16H,2,8H2,1H3/t10-,11+,12+,13+/m1/s1. The predicted molar refractivity (Wildman–Crippen MR) is 67.2 cm³/mol. The van der Waals surface area contributed by atoms with Gasteiger partial charge in [-0.2, -0.15) is 0 Å². The number of aliphatic hydroxyl groups is 2. The first-order valence-corrected chi connectivity index (χ1v) is 6.14. The van der Waals surface area contributed by atoms with Crippen molar-refractivity contribution in [2.45, 2.75) is 31.5 Å². The first-order valence-electron chi connectivity index (χ1n) is 6.14. The highest BCUT2D eigenvalue weighted by atomic mass is 16.7. The van der Waals surface area contributed by atoms with Crippen molar-refractivity contribution in [3.8, 4) is 0 Å². The van der Waals surface area contributed by atoms with Crippen LogP contribution in [0, 0.1) is 0 Å². The Kier molecular flexibility index (Phi) is 4.54. The fraction of sp³-hybridized carbons (Fsp3) is 0.538. The molecular weight excluding hydrogens is 234 g/mol. The van der Waals surface area contributed by atoms with E-state index in [4.69, 9.17) is 9.47 Å². The number of para-hydroxylation sites is 1. The molecule has 0 saturated carbocycles. The molecule has 1 heterocycles. The Morgan fingerprint density at radius 2 is 1.94 bits per heavy atom. The molecule has 5 nitrogen and oxygen atoms in total. The average Bonchev–Trinajstić information content (AvgIpc) is 2.66. The molecular formula is C13H19NO4. The molecule has 1 aromatic rings. The number of rotatable bonds is 5. The minimum Gasteiger partial charge on any atom is -0.387 e. The molecule has 1 saturated heterocycles. The van der Waals surface area contributed by atoms with Gasteiger partial charge in [-0.1, -0.05) is 18.2 Å². The lowest BCUT2D eigenvalue weighted by Crippen LogP contribution is -2.36. The molecule has 1 fully saturated rings. The summed E-state index contributed by atoms with van der Waals surface area (Å²) in [5, 5.41) is 22.7. The molecule has 0 unspecified atom stereocenters. The molecule has 2 rings (SSSR count). The molecule has 0 bridgehead atoms. The molecule has 4 atom stereocenters. The summed E-state index contributed by atoms with van der Waals surface area (Å²) < 4.78 is 10.7. The van der Waals surface area contributed by atoms with Crippen molar-refractivity contribution in [3.63, 3.8) is 0 Å². The topological polar surface area (TPSA) is 71.0 Å². The lowest BCUT2D eigenvalue weighted by Gasteiger charge is -2.15. The van der Waals surface area contributed by atoms with Gasteiger partial charge in [0.2, 0.25) is 0 Å². The average molecular weight is 253 g/mol. The second-order valence-corrected chi connectivity index (χ2v) is 4.23. The maximum atomic E-state index is 9.84. The largest absolute Gasteiger partial charge is 0.387 e. The first-order chi connectivity index (χ1) is 8.72. The van der Waals surface area contributed by atoms with Crippen LogP contribution < -0.4 is 5.32 Å². The molecule has 0 amide bonds. The molecule has 100 valence electrons. The minimum atomic E-state index is -0.993. The summed E-state index contributed by atoms with van der Waals surface area (Å²) in [5.41, 5.74) is 0.947. The van der Waals surface area contributed by atoms with Crippen molar-refractivity contribution < 1.29 is 19.7 Å². The van der Waals surface area contributed by atoms with Crippen molar-refractivity contribution in [1.29, 1.82) is 0 Å². The summed E-state index contributed by atoms with van der Waals surface area (Å²) >= 11 is 0. The molecule has 0 aromatic heterocycles. The Bertz CT molecular complexity index is 359. The van der Waals surface area contributed by atoms with E-state index in [2.05, 4.69) is 5.32 Å². The van der Waals surface area contributed by atoms with Crippen LogP contribution in [0.25, 0.3) is 0 Å². The Morgan fingerprint density at radius 1 is 1.22 bits per heavy atom. The van der Waals surface area contributed by atoms with E-state index in [1.165, 1.54) is 0 Å². The number of benzene rings is 1. The van der Waals surface area contributed by atoms with Gasteiger partial charge in [-0.3, -0.25) is 0 Å². The third kappa shape index (κ3) is 3.00. The zero-order valence-corrected chi connectivity index (χ0v) is 10.3. The molecule has 18 heavy (non-hydrogen) atoms. The van der Waals surface area contributed by atoms with Gasteiger partial charge >= 0.3 is 0 Å². The summed E-state index contributed by atoms with van der Waals surface area (Å²) in [5.74, 6) is 0. The van der Waals surface area contributed by atoms with Gasteiger partial charge in [-0.15, -0.1) is 0 Å². The molecule has 0 radical (unpaired) electrons. The van der Waals surface area contributed by atoms with Crippen LogP contribution in [0.4, 0.5) is 5.69 Å². The van der Waals surface area contributed by atoms with Crippen molar-refractivity contribution in [3.05, 3.63) is 30.3 Å². The van der Waals surface area contributed by atoms with Crippen LogP contribution in [0.2, 0.25) is 0 Å². The van der Waals surface area contributed by atoms with E-state index in [1.54, 1.807) is 0 Å². The van der Waals surface area contributed by atoms with Crippen LogP contribution in [0.15, 0.2) is 30.3 Å². The van der Waals surface area contributed by atoms with E-state index in [9.17, 15) is 10.2 Å². The fourth-order valence-corrected chi connectivity index (χ4v) is 1.96. The van der Waals surface area contributed by atoms with E-state index < -0.39 is 24.6 Å². The molecule has 0 spiro atoms. The summed E-state index contributed by atoms with van der Waals surface area (Å²) in [6.07, 6.45) is -3.14. The highest BCUT2D eigenvalue weighted by Gasteiger charge is 2.42. The Balaban J connectivity index is 1.87. The van der Waals surface area contributed by atoms with Crippen LogP contribution >= 0.6 is 0 Å². The lowest BCUT2D eigenvalue weighted by atomic mass is 10.1. The molecule has 1 aliphatic rings. The normalized spacial score (nSPS) is 31.5. The molecule has 3 N–H and O–H groups in total. The molecule has 1 aliphatic heterocycles. The van der Waals surface area contributed by atoms with E-state index in [0.29, 0.717) is 13.2 Å². The Hall–Kier alpha value is -1.14. The summed E-state index contributed by atoms with van der Waals surface area (Å²) in [4.78, 5) is 0. The summed E-state index contributed by atoms with van der Waals surface area (Å²) in [6.45, 7) is 2.68. The maximum Gasteiger partial charge on any atom is 0.186 e. The van der Waals surface area contributed by atoms with E-state index in [1.807, 2.05) is 37.3 Å². The molecule has 0 aliphatic carbocycles. The van der Waals surface area contributed by atoms with Crippen molar-refractivity contribution >= 4 is 5.69 Å². The van der Waals surface area contributed by atoms with Gasteiger partial charge in [0.25, 0.3) is 0 Å². The highest BCUT2D eigenvalue weighted by molar-refractivity contribution is 5.42. The van der Waals surface area contributed by atoms with Gasteiger partial charge in [0.1, 0.15) is 18.3 Å². The SMILES string of the molecule is CCO[C@H]1O[C@H](CNc2ccccc2)[C@H](O)[C@@H]1O. The highest BCUT2D eigenvalue weighted by Crippen LogP contribution is 2.22. The smallest absolute Gasteiger partial charge is 0.186 e. The van der Waals surface area contributed by atoms with Crippen molar-refractivity contribution in [1.82, 2.24) is 0 Å². The zero-order chi connectivity index (χ0) is 13.0. The van der Waals surface area contributed by atoms with Crippen LogP contribution in [0.5, 0.6) is 0 Å². The number of hydrogen-bond donors (Lipinski definition) is 3. The third-order valence-electron chi connectivity index (χ3n) is 2.93. The number of hydrogen-bond acceptors (Lipinski definition) is 5. The number of aliphatic hydroxyl groups excluding tert-OH is 2. The van der Waals surface area contributed by atoms with E-state index in [0.717, 1.165) is 5.69 Å². The Labute approximate surface area is 106 Å². The predicted octanol–water partition coefficient (Wildman–Crippen LogP) is 0.582. The summed E-state index contributed by atoms with van der Waals surface area (Å²) in [6, 6.07) is 9.63. The quantitative estimate of drug-likeness (QED) is 0.716. The second kappa shape index (κ2) is 6.15. The van der Waals surface area contributed by atoms with Gasteiger partial charge in [0, 0.05) is 18.8 Å². The van der Waals surface area contributed by atoms with Crippen molar-refractivity contribution in [2.24, 2.45) is 0 Å². The van der Waals surface area contributed by atoms with E-state index >= 15 is 0 Å². The fourth-order valence-electron chi connectivity index (χ4n) is 1.96. The maximum absolute atomic E-state index is 9.84. The lowest BCUT2D eigenvalue weighted by molar-refractivity contribution is -0.160. The monoisotopic (exact) mass is 253 g/mol. The first kappa shape index (κ1) is 13.3. The number of ether oxygens (including phenoxy) is 2. The van der Waals surface area contributed by atoms with Crippen LogP contribution in [0.1, 0.15) is 6.92 Å².